The lowest BCUT2D eigenvalue weighted by atomic mass is 9.99. The average Bonchev–Trinajstić information content (AvgIpc) is 3.04. The number of nitrogens with zero attached hydrogens (tertiary/aromatic N) is 2. The second-order valence-electron chi connectivity index (χ2n) is 4.87. The van der Waals surface area contributed by atoms with Crippen molar-refractivity contribution in [2.75, 3.05) is 0 Å². The van der Waals surface area contributed by atoms with Gasteiger partial charge in [0.2, 0.25) is 0 Å². The Balaban J connectivity index is 2.27. The average molecular weight is 286 g/mol. The van der Waals surface area contributed by atoms with Crippen LogP contribution >= 0.6 is 0 Å². The molecule has 0 bridgehead atoms. The summed E-state index contributed by atoms with van der Waals surface area (Å²) < 4.78 is 14.4. The molecule has 3 N–H and O–H groups in total. The molecule has 5 nitrogen and oxygen atoms in total. The van der Waals surface area contributed by atoms with Crippen LogP contribution in [0.5, 0.6) is 0 Å². The molecule has 0 aliphatic carbocycles. The maximum atomic E-state index is 14.4. The summed E-state index contributed by atoms with van der Waals surface area (Å²) in [6, 6.07) is 4.80. The highest BCUT2D eigenvalue weighted by molar-refractivity contribution is 5.81. The van der Waals surface area contributed by atoms with Gasteiger partial charge in [0.05, 0.1) is 23.7 Å². The van der Waals surface area contributed by atoms with Gasteiger partial charge in [-0.3, -0.25) is 5.10 Å². The van der Waals surface area contributed by atoms with Gasteiger partial charge in [0.25, 0.3) is 0 Å². The van der Waals surface area contributed by atoms with Crippen molar-refractivity contribution in [1.82, 2.24) is 20.2 Å². The maximum Gasteiger partial charge on any atom is 0.138 e. The highest BCUT2D eigenvalue weighted by Crippen LogP contribution is 2.34. The first-order chi connectivity index (χ1) is 10.1. The molecule has 0 spiro atoms. The Kier molecular flexibility index (Phi) is 3.31. The fraction of sp³-hybridized carbons (Fsp3) is 0.200. The van der Waals surface area contributed by atoms with Gasteiger partial charge in [0.15, 0.2) is 0 Å². The number of aliphatic hydroxyl groups is 1. The highest BCUT2D eigenvalue weighted by atomic mass is 19.1. The van der Waals surface area contributed by atoms with Crippen LogP contribution in [0.1, 0.15) is 17.0 Å². The lowest BCUT2D eigenvalue weighted by Crippen LogP contribution is -1.95. The van der Waals surface area contributed by atoms with E-state index in [1.54, 1.807) is 25.3 Å². The third-order valence-corrected chi connectivity index (χ3v) is 3.46. The standard InChI is InChI=1S/C15H15FN4O/c1-8-6-17-15(18-8)10-4-3-5-12(16)13(10)14-11(7-21)9(2)19-20-14/h3-6,21H,7H2,1-2H3,(H,17,18)(H,19,20). The number of hydrogen-bond acceptors (Lipinski definition) is 3. The van der Waals surface area contributed by atoms with E-state index >= 15 is 0 Å². The molecule has 0 saturated heterocycles. The number of hydrogen-bond donors (Lipinski definition) is 3. The SMILES string of the molecule is Cc1c[nH]c(-c2cccc(F)c2-c2[nH]nc(C)c2CO)n1. The van der Waals surface area contributed by atoms with E-state index in [9.17, 15) is 9.50 Å². The van der Waals surface area contributed by atoms with Gasteiger partial charge in [-0.1, -0.05) is 12.1 Å². The number of nitrogens with one attached hydrogen (secondary N) is 2. The Morgan fingerprint density at radius 3 is 2.76 bits per heavy atom. The van der Waals surface area contributed by atoms with Gasteiger partial charge in [-0.05, 0) is 19.9 Å². The van der Waals surface area contributed by atoms with Gasteiger partial charge in [0, 0.05) is 22.9 Å². The molecule has 2 heterocycles. The Hall–Kier alpha value is -2.47. The minimum absolute atomic E-state index is 0.206. The van der Waals surface area contributed by atoms with Gasteiger partial charge in [-0.15, -0.1) is 0 Å². The van der Waals surface area contributed by atoms with Gasteiger partial charge < -0.3 is 10.1 Å². The van der Waals surface area contributed by atoms with Crippen molar-refractivity contribution in [2.45, 2.75) is 20.5 Å². The van der Waals surface area contributed by atoms with Crippen LogP contribution in [0, 0.1) is 19.7 Å². The number of benzene rings is 1. The topological polar surface area (TPSA) is 77.6 Å². The molecule has 1 aromatic carbocycles. The van der Waals surface area contributed by atoms with Gasteiger partial charge in [-0.2, -0.15) is 5.10 Å². The number of rotatable bonds is 3. The molecular formula is C15H15FN4O. The Morgan fingerprint density at radius 2 is 2.10 bits per heavy atom. The molecule has 0 unspecified atom stereocenters. The van der Waals surface area contributed by atoms with Crippen molar-refractivity contribution in [3.63, 3.8) is 0 Å². The summed E-state index contributed by atoms with van der Waals surface area (Å²) >= 11 is 0. The summed E-state index contributed by atoms with van der Waals surface area (Å²) in [6.07, 6.45) is 1.76. The number of aliphatic hydroxyl groups excluding tert-OH is 1. The molecule has 3 aromatic rings. The molecule has 0 atom stereocenters. The monoisotopic (exact) mass is 286 g/mol. The zero-order chi connectivity index (χ0) is 15.0. The molecule has 0 aliphatic rings. The lowest BCUT2D eigenvalue weighted by molar-refractivity contribution is 0.281. The number of aryl methyl sites for hydroxylation is 2. The number of imidazole rings is 1. The Morgan fingerprint density at radius 1 is 1.29 bits per heavy atom. The maximum absolute atomic E-state index is 14.4. The predicted octanol–water partition coefficient (Wildman–Crippen LogP) is 2.72. The summed E-state index contributed by atoms with van der Waals surface area (Å²) in [4.78, 5) is 7.38. The molecule has 3 rings (SSSR count). The molecule has 0 amide bonds. The van der Waals surface area contributed by atoms with Crippen molar-refractivity contribution in [3.8, 4) is 22.6 Å². The van der Waals surface area contributed by atoms with Crippen LogP contribution in [0.25, 0.3) is 22.6 Å². The van der Waals surface area contributed by atoms with E-state index in [2.05, 4.69) is 20.2 Å². The summed E-state index contributed by atoms with van der Waals surface area (Å²) in [5, 5.41) is 16.4. The third kappa shape index (κ3) is 2.23. The van der Waals surface area contributed by atoms with E-state index in [-0.39, 0.29) is 12.4 Å². The molecule has 2 aromatic heterocycles. The third-order valence-electron chi connectivity index (χ3n) is 3.46. The first-order valence-electron chi connectivity index (χ1n) is 6.57. The normalized spacial score (nSPS) is 11.0. The zero-order valence-corrected chi connectivity index (χ0v) is 11.7. The molecule has 21 heavy (non-hydrogen) atoms. The highest BCUT2D eigenvalue weighted by Gasteiger charge is 2.20. The fourth-order valence-electron chi connectivity index (χ4n) is 2.38. The largest absolute Gasteiger partial charge is 0.392 e. The molecule has 0 aliphatic heterocycles. The van der Waals surface area contributed by atoms with Gasteiger partial charge in [0.1, 0.15) is 11.6 Å². The second-order valence-corrected chi connectivity index (χ2v) is 4.87. The Bertz CT molecular complexity index is 791. The van der Waals surface area contributed by atoms with E-state index in [4.69, 9.17) is 0 Å². The number of H-pyrrole nitrogens is 2. The van der Waals surface area contributed by atoms with Crippen LogP contribution in [0.3, 0.4) is 0 Å². The number of halogens is 1. The molecule has 6 heteroatoms. The van der Waals surface area contributed by atoms with Gasteiger partial charge in [-0.25, -0.2) is 9.37 Å². The van der Waals surface area contributed by atoms with Gasteiger partial charge >= 0.3 is 0 Å². The van der Waals surface area contributed by atoms with E-state index in [0.29, 0.717) is 33.9 Å². The van der Waals surface area contributed by atoms with E-state index < -0.39 is 0 Å². The van der Waals surface area contributed by atoms with Crippen molar-refractivity contribution in [1.29, 1.82) is 0 Å². The van der Waals surface area contributed by atoms with E-state index in [0.717, 1.165) is 5.69 Å². The molecular weight excluding hydrogens is 271 g/mol. The lowest BCUT2D eigenvalue weighted by Gasteiger charge is -2.09. The van der Waals surface area contributed by atoms with Crippen LogP contribution in [-0.4, -0.2) is 25.3 Å². The number of aromatic amines is 2. The quantitative estimate of drug-likeness (QED) is 0.692. The first kappa shape index (κ1) is 13.5. The van der Waals surface area contributed by atoms with E-state index in [1.807, 2.05) is 6.92 Å². The van der Waals surface area contributed by atoms with Crippen molar-refractivity contribution in [2.24, 2.45) is 0 Å². The van der Waals surface area contributed by atoms with Crippen molar-refractivity contribution >= 4 is 0 Å². The smallest absolute Gasteiger partial charge is 0.138 e. The van der Waals surface area contributed by atoms with Crippen LogP contribution < -0.4 is 0 Å². The van der Waals surface area contributed by atoms with Crippen LogP contribution in [-0.2, 0) is 6.61 Å². The molecule has 0 radical (unpaired) electrons. The minimum Gasteiger partial charge on any atom is -0.392 e. The fourth-order valence-corrected chi connectivity index (χ4v) is 2.38. The Labute approximate surface area is 120 Å². The minimum atomic E-state index is -0.389. The van der Waals surface area contributed by atoms with E-state index in [1.165, 1.54) is 6.07 Å². The molecule has 0 fully saturated rings. The predicted molar refractivity (Wildman–Crippen MR) is 77.0 cm³/mol. The van der Waals surface area contributed by atoms with Crippen LogP contribution in [0.2, 0.25) is 0 Å². The summed E-state index contributed by atoms with van der Waals surface area (Å²) in [5.74, 6) is 0.193. The molecule has 108 valence electrons. The first-order valence-corrected chi connectivity index (χ1v) is 6.57. The zero-order valence-electron chi connectivity index (χ0n) is 11.7. The second kappa shape index (κ2) is 5.14. The van der Waals surface area contributed by atoms with Crippen LogP contribution in [0.15, 0.2) is 24.4 Å². The molecule has 0 saturated carbocycles. The summed E-state index contributed by atoms with van der Waals surface area (Å²) in [6.45, 7) is 3.42. The van der Waals surface area contributed by atoms with Crippen LogP contribution in [0.4, 0.5) is 4.39 Å². The van der Waals surface area contributed by atoms with Crippen molar-refractivity contribution < 1.29 is 9.50 Å². The number of aromatic nitrogens is 4. The summed E-state index contributed by atoms with van der Waals surface area (Å²) in [5.41, 5.74) is 3.53. The van der Waals surface area contributed by atoms with Crippen molar-refractivity contribution in [3.05, 3.63) is 47.2 Å². The summed E-state index contributed by atoms with van der Waals surface area (Å²) in [7, 11) is 0.